The van der Waals surface area contributed by atoms with E-state index in [0.29, 0.717) is 32.5 Å². The van der Waals surface area contributed by atoms with Gasteiger partial charge in [0.15, 0.2) is 0 Å². The van der Waals surface area contributed by atoms with Crippen LogP contribution in [0.2, 0.25) is 0 Å². The van der Waals surface area contributed by atoms with Gasteiger partial charge in [-0.2, -0.15) is 0 Å². The SMILES string of the molecule is O=C(CCCO)N1CCOC(CO)C1. The lowest BCUT2D eigenvalue weighted by molar-refractivity contribution is -0.140. The molecular formula is C9H17NO4. The minimum absolute atomic E-state index is 0.0285. The molecule has 82 valence electrons. The summed E-state index contributed by atoms with van der Waals surface area (Å²) in [5.41, 5.74) is 0. The number of carbonyl (C=O) groups is 1. The second kappa shape index (κ2) is 5.95. The maximum Gasteiger partial charge on any atom is 0.222 e. The third-order valence-electron chi connectivity index (χ3n) is 2.24. The van der Waals surface area contributed by atoms with Crippen LogP contribution in [0.5, 0.6) is 0 Å². The number of carbonyl (C=O) groups excluding carboxylic acids is 1. The Morgan fingerprint density at radius 2 is 2.29 bits per heavy atom. The van der Waals surface area contributed by atoms with Crippen molar-refractivity contribution in [2.75, 3.05) is 32.9 Å². The van der Waals surface area contributed by atoms with E-state index in [9.17, 15) is 4.79 Å². The van der Waals surface area contributed by atoms with Gasteiger partial charge in [-0.25, -0.2) is 0 Å². The standard InChI is InChI=1S/C9H17NO4/c11-4-1-2-9(13)10-3-5-14-8(6-10)7-12/h8,11-12H,1-7H2. The van der Waals surface area contributed by atoms with Crippen molar-refractivity contribution in [1.82, 2.24) is 4.90 Å². The van der Waals surface area contributed by atoms with Crippen LogP contribution in [0.1, 0.15) is 12.8 Å². The van der Waals surface area contributed by atoms with Crippen molar-refractivity contribution < 1.29 is 19.7 Å². The Labute approximate surface area is 83.3 Å². The summed E-state index contributed by atoms with van der Waals surface area (Å²) >= 11 is 0. The molecule has 0 aliphatic carbocycles. The van der Waals surface area contributed by atoms with E-state index in [1.54, 1.807) is 4.90 Å². The lowest BCUT2D eigenvalue weighted by Crippen LogP contribution is -2.46. The van der Waals surface area contributed by atoms with E-state index in [2.05, 4.69) is 0 Å². The molecule has 1 heterocycles. The first-order chi connectivity index (χ1) is 6.77. The third-order valence-corrected chi connectivity index (χ3v) is 2.24. The van der Waals surface area contributed by atoms with Crippen molar-refractivity contribution in [3.05, 3.63) is 0 Å². The fraction of sp³-hybridized carbons (Fsp3) is 0.889. The number of hydrogen-bond acceptors (Lipinski definition) is 4. The smallest absolute Gasteiger partial charge is 0.222 e. The zero-order valence-corrected chi connectivity index (χ0v) is 8.19. The molecular weight excluding hydrogens is 186 g/mol. The average Bonchev–Trinajstić information content (AvgIpc) is 2.26. The van der Waals surface area contributed by atoms with E-state index in [-0.39, 0.29) is 25.2 Å². The predicted molar refractivity (Wildman–Crippen MR) is 49.7 cm³/mol. The van der Waals surface area contributed by atoms with Gasteiger partial charge in [0, 0.05) is 26.1 Å². The number of aliphatic hydroxyl groups is 2. The molecule has 0 radical (unpaired) electrons. The topological polar surface area (TPSA) is 70.0 Å². The van der Waals surface area contributed by atoms with Crippen molar-refractivity contribution in [3.8, 4) is 0 Å². The number of nitrogens with zero attached hydrogens (tertiary/aromatic N) is 1. The maximum absolute atomic E-state index is 11.5. The number of hydrogen-bond donors (Lipinski definition) is 2. The summed E-state index contributed by atoms with van der Waals surface area (Å²) in [6.07, 6.45) is 0.621. The first-order valence-electron chi connectivity index (χ1n) is 4.89. The summed E-state index contributed by atoms with van der Waals surface area (Å²) in [6.45, 7) is 1.51. The van der Waals surface area contributed by atoms with Gasteiger partial charge in [0.25, 0.3) is 0 Å². The Balaban J connectivity index is 2.31. The Hall–Kier alpha value is -0.650. The minimum Gasteiger partial charge on any atom is -0.396 e. The monoisotopic (exact) mass is 203 g/mol. The van der Waals surface area contributed by atoms with Gasteiger partial charge < -0.3 is 19.8 Å². The highest BCUT2D eigenvalue weighted by Crippen LogP contribution is 2.07. The minimum atomic E-state index is -0.248. The fourth-order valence-electron chi connectivity index (χ4n) is 1.44. The quantitative estimate of drug-likeness (QED) is 0.613. The molecule has 5 heteroatoms. The highest BCUT2D eigenvalue weighted by molar-refractivity contribution is 5.76. The molecule has 14 heavy (non-hydrogen) atoms. The molecule has 0 spiro atoms. The van der Waals surface area contributed by atoms with Crippen LogP contribution in [0.4, 0.5) is 0 Å². The lowest BCUT2D eigenvalue weighted by Gasteiger charge is -2.32. The lowest BCUT2D eigenvalue weighted by atomic mass is 10.2. The van der Waals surface area contributed by atoms with Crippen LogP contribution in [-0.2, 0) is 9.53 Å². The van der Waals surface area contributed by atoms with Gasteiger partial charge in [-0.15, -0.1) is 0 Å². The highest BCUT2D eigenvalue weighted by Gasteiger charge is 2.22. The summed E-state index contributed by atoms with van der Waals surface area (Å²) in [7, 11) is 0. The van der Waals surface area contributed by atoms with Gasteiger partial charge in [0.1, 0.15) is 0 Å². The number of aliphatic hydroxyl groups excluding tert-OH is 2. The summed E-state index contributed by atoms with van der Waals surface area (Å²) in [5.74, 6) is 0.0285. The highest BCUT2D eigenvalue weighted by atomic mass is 16.5. The molecule has 0 saturated carbocycles. The summed E-state index contributed by atoms with van der Waals surface area (Å²) < 4.78 is 5.22. The van der Waals surface area contributed by atoms with Crippen LogP contribution >= 0.6 is 0 Å². The Morgan fingerprint density at radius 3 is 2.93 bits per heavy atom. The molecule has 1 aliphatic rings. The van der Waals surface area contributed by atoms with Gasteiger partial charge in [0.2, 0.25) is 5.91 Å². The van der Waals surface area contributed by atoms with Crippen molar-refractivity contribution in [1.29, 1.82) is 0 Å². The van der Waals surface area contributed by atoms with Gasteiger partial charge in [-0.1, -0.05) is 0 Å². The molecule has 0 aromatic carbocycles. The molecule has 1 amide bonds. The number of amides is 1. The van der Waals surface area contributed by atoms with Crippen LogP contribution in [0.15, 0.2) is 0 Å². The Morgan fingerprint density at radius 1 is 1.50 bits per heavy atom. The average molecular weight is 203 g/mol. The number of rotatable bonds is 4. The van der Waals surface area contributed by atoms with Crippen molar-refractivity contribution >= 4 is 5.91 Å². The van der Waals surface area contributed by atoms with E-state index in [4.69, 9.17) is 14.9 Å². The Bertz CT molecular complexity index is 186. The molecule has 1 rings (SSSR count). The summed E-state index contributed by atoms with van der Waals surface area (Å²) in [5, 5.41) is 17.4. The van der Waals surface area contributed by atoms with E-state index in [1.165, 1.54) is 0 Å². The van der Waals surface area contributed by atoms with Gasteiger partial charge in [-0.3, -0.25) is 4.79 Å². The predicted octanol–water partition coefficient (Wildman–Crippen LogP) is -1.02. The molecule has 1 saturated heterocycles. The van der Waals surface area contributed by atoms with Gasteiger partial charge in [-0.05, 0) is 6.42 Å². The zero-order valence-electron chi connectivity index (χ0n) is 8.19. The molecule has 0 aromatic rings. The first kappa shape index (κ1) is 11.4. The van der Waals surface area contributed by atoms with Crippen molar-refractivity contribution in [2.45, 2.75) is 18.9 Å². The molecule has 1 fully saturated rings. The molecule has 1 atom stereocenters. The van der Waals surface area contributed by atoms with E-state index >= 15 is 0 Å². The molecule has 1 unspecified atom stereocenters. The van der Waals surface area contributed by atoms with E-state index in [0.717, 1.165) is 0 Å². The van der Waals surface area contributed by atoms with Gasteiger partial charge in [0.05, 0.1) is 19.3 Å². The number of ether oxygens (including phenoxy) is 1. The van der Waals surface area contributed by atoms with E-state index in [1.807, 2.05) is 0 Å². The summed E-state index contributed by atoms with van der Waals surface area (Å²) in [4.78, 5) is 13.2. The molecule has 2 N–H and O–H groups in total. The largest absolute Gasteiger partial charge is 0.396 e. The number of morpholine rings is 1. The van der Waals surface area contributed by atoms with Crippen LogP contribution in [0.3, 0.4) is 0 Å². The zero-order chi connectivity index (χ0) is 10.4. The van der Waals surface area contributed by atoms with Crippen LogP contribution < -0.4 is 0 Å². The van der Waals surface area contributed by atoms with Crippen LogP contribution in [-0.4, -0.2) is 60.0 Å². The molecule has 0 bridgehead atoms. The fourth-order valence-corrected chi connectivity index (χ4v) is 1.44. The second-order valence-corrected chi connectivity index (χ2v) is 3.34. The van der Waals surface area contributed by atoms with Crippen LogP contribution in [0, 0.1) is 0 Å². The van der Waals surface area contributed by atoms with Crippen molar-refractivity contribution in [3.63, 3.8) is 0 Å². The normalized spacial score (nSPS) is 22.4. The third kappa shape index (κ3) is 3.25. The van der Waals surface area contributed by atoms with Gasteiger partial charge >= 0.3 is 0 Å². The van der Waals surface area contributed by atoms with E-state index < -0.39 is 0 Å². The van der Waals surface area contributed by atoms with Crippen LogP contribution in [0.25, 0.3) is 0 Å². The molecule has 5 nitrogen and oxygen atoms in total. The first-order valence-corrected chi connectivity index (χ1v) is 4.89. The Kier molecular flexibility index (Phi) is 4.86. The molecule has 1 aliphatic heterocycles. The van der Waals surface area contributed by atoms with Crippen molar-refractivity contribution in [2.24, 2.45) is 0 Å². The maximum atomic E-state index is 11.5. The molecule has 0 aromatic heterocycles. The second-order valence-electron chi connectivity index (χ2n) is 3.34. The summed E-state index contributed by atoms with van der Waals surface area (Å²) in [6, 6.07) is 0.